The molecule has 0 unspecified atom stereocenters. The Morgan fingerprint density at radius 1 is 0.891 bits per heavy atom. The van der Waals surface area contributed by atoms with Crippen molar-refractivity contribution in [3.05, 3.63) is 125 Å². The first-order valence-corrected chi connectivity index (χ1v) is 17.0. The molecule has 0 aliphatic rings. The Kier molecular flexibility index (Phi) is 12.2. The molecule has 4 rings (SSSR count). The minimum atomic E-state index is -4.22. The molecule has 0 radical (unpaired) electrons. The summed E-state index contributed by atoms with van der Waals surface area (Å²) < 4.78 is 34.8. The van der Waals surface area contributed by atoms with Gasteiger partial charge >= 0.3 is 0 Å². The lowest BCUT2D eigenvalue weighted by molar-refractivity contribution is -0.140. The number of anilines is 1. The van der Waals surface area contributed by atoms with Crippen LogP contribution < -0.4 is 14.4 Å². The lowest BCUT2D eigenvalue weighted by atomic mass is 10.0. The maximum Gasteiger partial charge on any atom is 0.264 e. The molecule has 4 aromatic carbocycles. The van der Waals surface area contributed by atoms with Crippen LogP contribution in [0.4, 0.5) is 5.69 Å². The second kappa shape index (κ2) is 16.3. The molecule has 0 aliphatic heterocycles. The highest BCUT2D eigenvalue weighted by Crippen LogP contribution is 2.28. The molecule has 46 heavy (non-hydrogen) atoms. The topological polar surface area (TPSA) is 96.0 Å². The number of nitrogens with one attached hydrogen (secondary N) is 1. The molecule has 1 N–H and O–H groups in total. The number of nitrogens with zero attached hydrogens (tertiary/aromatic N) is 2. The van der Waals surface area contributed by atoms with Gasteiger partial charge in [-0.1, -0.05) is 91.2 Å². The molecule has 0 saturated carbocycles. The molecule has 0 aromatic heterocycles. The highest BCUT2D eigenvalue weighted by molar-refractivity contribution is 7.92. The van der Waals surface area contributed by atoms with Crippen molar-refractivity contribution in [2.75, 3.05) is 24.5 Å². The van der Waals surface area contributed by atoms with Gasteiger partial charge in [0.2, 0.25) is 11.8 Å². The van der Waals surface area contributed by atoms with Gasteiger partial charge in [0.15, 0.2) is 0 Å². The zero-order chi connectivity index (χ0) is 33.1. The molecule has 0 heterocycles. The van der Waals surface area contributed by atoms with Crippen molar-refractivity contribution in [2.45, 2.75) is 50.6 Å². The van der Waals surface area contributed by atoms with Crippen molar-refractivity contribution in [1.29, 1.82) is 0 Å². The minimum Gasteiger partial charge on any atom is -0.497 e. The quantitative estimate of drug-likeness (QED) is 0.149. The smallest absolute Gasteiger partial charge is 0.264 e. The van der Waals surface area contributed by atoms with E-state index >= 15 is 0 Å². The molecule has 4 aromatic rings. The fourth-order valence-corrected chi connectivity index (χ4v) is 6.64. The van der Waals surface area contributed by atoms with Gasteiger partial charge in [-0.15, -0.1) is 0 Å². The van der Waals surface area contributed by atoms with E-state index in [-0.39, 0.29) is 29.5 Å². The standard InChI is InChI=1S/C36H40ClN3O5S/c1-4-5-21-38-36(42)34(23-28-11-7-6-8-12-28)39(25-29-13-9-14-30(37)22-29)35(41)26-40(31-15-10-16-32(24-31)45-3)46(43,44)33-19-17-27(2)18-20-33/h6-20,22,24,34H,4-5,21,23,25-26H2,1-3H3,(H,38,42)/t34-/m0/s1. The van der Waals surface area contributed by atoms with Crippen LogP contribution in [-0.2, 0) is 32.6 Å². The number of sulfonamides is 1. The summed E-state index contributed by atoms with van der Waals surface area (Å²) in [4.78, 5) is 29.9. The average molecular weight is 662 g/mol. The van der Waals surface area contributed by atoms with Gasteiger partial charge in [-0.2, -0.15) is 0 Å². The van der Waals surface area contributed by atoms with Gasteiger partial charge < -0.3 is 15.0 Å². The van der Waals surface area contributed by atoms with E-state index in [1.165, 1.54) is 24.1 Å². The van der Waals surface area contributed by atoms with Crippen LogP contribution in [0.2, 0.25) is 5.02 Å². The van der Waals surface area contributed by atoms with E-state index in [4.69, 9.17) is 16.3 Å². The minimum absolute atomic E-state index is 0.0354. The number of hydrogen-bond donors (Lipinski definition) is 1. The zero-order valence-electron chi connectivity index (χ0n) is 26.4. The summed E-state index contributed by atoms with van der Waals surface area (Å²) in [5.41, 5.74) is 2.71. The van der Waals surface area contributed by atoms with Gasteiger partial charge in [0.05, 0.1) is 17.7 Å². The summed E-state index contributed by atoms with van der Waals surface area (Å²) in [6, 6.07) is 28.6. The first-order valence-electron chi connectivity index (χ1n) is 15.2. The SMILES string of the molecule is CCCCNC(=O)[C@H](Cc1ccccc1)N(Cc1cccc(Cl)c1)C(=O)CN(c1cccc(OC)c1)S(=O)(=O)c1ccc(C)cc1. The number of carbonyl (C=O) groups excluding carboxylic acids is 2. The molecule has 1 atom stereocenters. The highest BCUT2D eigenvalue weighted by Gasteiger charge is 2.34. The molecular formula is C36H40ClN3O5S. The Balaban J connectivity index is 1.80. The molecule has 8 nitrogen and oxygen atoms in total. The lowest BCUT2D eigenvalue weighted by Crippen LogP contribution is -2.53. The number of amides is 2. The number of aryl methyl sites for hydroxylation is 1. The number of methoxy groups -OCH3 is 1. The summed E-state index contributed by atoms with van der Waals surface area (Å²) in [5.74, 6) is -0.436. The predicted molar refractivity (Wildman–Crippen MR) is 183 cm³/mol. The van der Waals surface area contributed by atoms with Crippen LogP contribution in [0.15, 0.2) is 108 Å². The first kappa shape index (κ1) is 34.5. The Labute approximate surface area is 277 Å². The maximum absolute atomic E-state index is 14.5. The number of hydrogen-bond acceptors (Lipinski definition) is 5. The Hall–Kier alpha value is -4.34. The van der Waals surface area contributed by atoms with Crippen LogP contribution in [0.25, 0.3) is 0 Å². The van der Waals surface area contributed by atoms with E-state index in [9.17, 15) is 18.0 Å². The van der Waals surface area contributed by atoms with Gasteiger partial charge in [-0.05, 0) is 60.9 Å². The molecule has 10 heteroatoms. The van der Waals surface area contributed by atoms with Crippen molar-refractivity contribution < 1.29 is 22.7 Å². The van der Waals surface area contributed by atoms with Crippen LogP contribution >= 0.6 is 11.6 Å². The van der Waals surface area contributed by atoms with E-state index in [1.807, 2.05) is 50.2 Å². The van der Waals surface area contributed by atoms with Crippen LogP contribution in [0.5, 0.6) is 5.75 Å². The Morgan fingerprint density at radius 2 is 1.59 bits per heavy atom. The Morgan fingerprint density at radius 3 is 2.26 bits per heavy atom. The van der Waals surface area contributed by atoms with Gasteiger partial charge in [-0.25, -0.2) is 8.42 Å². The first-order chi connectivity index (χ1) is 22.1. The molecule has 0 bridgehead atoms. The third kappa shape index (κ3) is 9.11. The maximum atomic E-state index is 14.5. The normalized spacial score (nSPS) is 11.8. The number of unbranched alkanes of at least 4 members (excludes halogenated alkanes) is 1. The molecule has 0 saturated heterocycles. The van der Waals surface area contributed by atoms with Crippen molar-refractivity contribution >= 4 is 39.1 Å². The number of carbonyl (C=O) groups is 2. The van der Waals surface area contributed by atoms with Gasteiger partial charge in [-0.3, -0.25) is 13.9 Å². The summed E-state index contributed by atoms with van der Waals surface area (Å²) in [6.45, 7) is 3.83. The molecule has 0 spiro atoms. The zero-order valence-corrected chi connectivity index (χ0v) is 27.9. The summed E-state index contributed by atoms with van der Waals surface area (Å²) in [7, 11) is -2.73. The van der Waals surface area contributed by atoms with Crippen LogP contribution in [0.3, 0.4) is 0 Å². The molecule has 2 amide bonds. The third-order valence-corrected chi connectivity index (χ3v) is 9.59. The van der Waals surface area contributed by atoms with Gasteiger partial charge in [0.25, 0.3) is 10.0 Å². The summed E-state index contributed by atoms with van der Waals surface area (Å²) in [6.07, 6.45) is 1.90. The van der Waals surface area contributed by atoms with Crippen LogP contribution in [-0.4, -0.2) is 51.4 Å². The number of benzene rings is 4. The fourth-order valence-electron chi connectivity index (χ4n) is 5.02. The molecular weight excluding hydrogens is 622 g/mol. The predicted octanol–water partition coefficient (Wildman–Crippen LogP) is 6.41. The second-order valence-corrected chi connectivity index (χ2v) is 13.3. The van der Waals surface area contributed by atoms with E-state index in [1.54, 1.807) is 54.6 Å². The average Bonchev–Trinajstić information content (AvgIpc) is 3.05. The number of ether oxygens (including phenoxy) is 1. The third-order valence-electron chi connectivity index (χ3n) is 7.57. The molecule has 0 aliphatic carbocycles. The second-order valence-electron chi connectivity index (χ2n) is 11.0. The Bertz CT molecular complexity index is 1720. The van der Waals surface area contributed by atoms with Crippen LogP contribution in [0.1, 0.15) is 36.5 Å². The van der Waals surface area contributed by atoms with Crippen molar-refractivity contribution in [1.82, 2.24) is 10.2 Å². The van der Waals surface area contributed by atoms with Crippen molar-refractivity contribution in [2.24, 2.45) is 0 Å². The van der Waals surface area contributed by atoms with Crippen molar-refractivity contribution in [3.8, 4) is 5.75 Å². The van der Waals surface area contributed by atoms with E-state index in [0.29, 0.717) is 22.9 Å². The highest BCUT2D eigenvalue weighted by atomic mass is 35.5. The van der Waals surface area contributed by atoms with Gasteiger partial charge in [0, 0.05) is 30.6 Å². The summed E-state index contributed by atoms with van der Waals surface area (Å²) >= 11 is 6.31. The molecule has 242 valence electrons. The number of rotatable bonds is 15. The fraction of sp³-hybridized carbons (Fsp3) is 0.278. The van der Waals surface area contributed by atoms with Crippen LogP contribution in [0, 0.1) is 6.92 Å². The monoisotopic (exact) mass is 661 g/mol. The molecule has 0 fully saturated rings. The van der Waals surface area contributed by atoms with E-state index in [0.717, 1.165) is 28.3 Å². The summed E-state index contributed by atoms with van der Waals surface area (Å²) in [5, 5.41) is 3.47. The van der Waals surface area contributed by atoms with Crippen molar-refractivity contribution in [3.63, 3.8) is 0 Å². The lowest BCUT2D eigenvalue weighted by Gasteiger charge is -2.34. The largest absolute Gasteiger partial charge is 0.497 e. The van der Waals surface area contributed by atoms with Gasteiger partial charge in [0.1, 0.15) is 18.3 Å². The number of halogens is 1. The van der Waals surface area contributed by atoms with E-state index in [2.05, 4.69) is 5.32 Å². The van der Waals surface area contributed by atoms with E-state index < -0.39 is 28.5 Å².